The maximum absolute atomic E-state index is 14.7. The lowest BCUT2D eigenvalue weighted by Gasteiger charge is -2.35. The fourth-order valence-electron chi connectivity index (χ4n) is 6.16. The minimum absolute atomic E-state index is 0.00169. The van der Waals surface area contributed by atoms with Crippen molar-refractivity contribution < 1.29 is 22.7 Å². The fraction of sp³-hybridized carbons (Fsp3) is 0.316. The highest BCUT2D eigenvalue weighted by molar-refractivity contribution is 7.92. The van der Waals surface area contributed by atoms with E-state index in [4.69, 9.17) is 16.3 Å². The lowest BCUT2D eigenvalue weighted by Crippen LogP contribution is -2.55. The fourth-order valence-corrected chi connectivity index (χ4v) is 7.76. The Labute approximate surface area is 288 Å². The van der Waals surface area contributed by atoms with Gasteiger partial charge in [0.05, 0.1) is 17.7 Å². The molecule has 0 unspecified atom stereocenters. The van der Waals surface area contributed by atoms with Gasteiger partial charge in [-0.25, -0.2) is 8.42 Å². The van der Waals surface area contributed by atoms with Crippen LogP contribution in [0.1, 0.15) is 48.8 Å². The number of carbonyl (C=O) groups excluding carboxylic acids is 2. The number of hydrogen-bond acceptors (Lipinski definition) is 5. The van der Waals surface area contributed by atoms with Crippen LogP contribution in [0.5, 0.6) is 5.75 Å². The SMILES string of the molecule is COc1cccc(CN(C(=O)CN(c2ccccc2C)S(=O)(=O)c2ccc(Cl)cc2)[C@@H](Cc2ccccc2)C(=O)NC2CCCCC2)c1. The Balaban J connectivity index is 1.58. The summed E-state index contributed by atoms with van der Waals surface area (Å²) >= 11 is 6.09. The van der Waals surface area contributed by atoms with Crippen molar-refractivity contribution in [3.8, 4) is 5.75 Å². The molecule has 0 spiro atoms. The zero-order valence-electron chi connectivity index (χ0n) is 27.3. The van der Waals surface area contributed by atoms with Crippen LogP contribution in [0.15, 0.2) is 108 Å². The number of nitrogens with one attached hydrogen (secondary N) is 1. The summed E-state index contributed by atoms with van der Waals surface area (Å²) in [4.78, 5) is 30.5. The van der Waals surface area contributed by atoms with Gasteiger partial charge < -0.3 is 15.0 Å². The van der Waals surface area contributed by atoms with Gasteiger partial charge in [-0.1, -0.05) is 91.5 Å². The third kappa shape index (κ3) is 8.76. The number of hydrogen-bond donors (Lipinski definition) is 1. The Morgan fingerprint density at radius 2 is 1.54 bits per heavy atom. The van der Waals surface area contributed by atoms with Crippen molar-refractivity contribution >= 4 is 39.1 Å². The van der Waals surface area contributed by atoms with E-state index < -0.39 is 28.5 Å². The summed E-state index contributed by atoms with van der Waals surface area (Å²) in [5.41, 5.74) is 2.68. The average Bonchev–Trinajstić information content (AvgIpc) is 3.10. The maximum atomic E-state index is 14.7. The molecule has 8 nitrogen and oxygen atoms in total. The number of ether oxygens (including phenoxy) is 1. The molecule has 0 saturated heterocycles. The summed E-state index contributed by atoms with van der Waals surface area (Å²) in [6, 6.07) is 28.9. The van der Waals surface area contributed by atoms with Crippen LogP contribution in [-0.2, 0) is 32.6 Å². The molecular weight excluding hydrogens is 646 g/mol. The second-order valence-corrected chi connectivity index (χ2v) is 14.5. The van der Waals surface area contributed by atoms with Gasteiger partial charge in [-0.15, -0.1) is 0 Å². The van der Waals surface area contributed by atoms with E-state index in [0.29, 0.717) is 22.0 Å². The minimum Gasteiger partial charge on any atom is -0.497 e. The first-order valence-electron chi connectivity index (χ1n) is 16.3. The standard InChI is InChI=1S/C38H42ClN3O5S/c1-28-12-9-10-19-35(28)42(48(45,46)34-22-20-31(39)21-23-34)27-37(43)41(26-30-15-11-18-33(24-30)47-2)36(25-29-13-5-3-6-14-29)38(44)40-32-16-7-4-8-17-32/h3,5-6,9-15,18-24,32,36H,4,7-8,16-17,25-27H2,1-2H3,(H,40,44)/t36-/m0/s1. The van der Waals surface area contributed by atoms with Crippen LogP contribution in [0.4, 0.5) is 5.69 Å². The molecule has 1 N–H and O–H groups in total. The molecule has 5 rings (SSSR count). The van der Waals surface area contributed by atoms with E-state index in [2.05, 4.69) is 5.32 Å². The molecule has 2 amide bonds. The first kappa shape index (κ1) is 35.0. The van der Waals surface area contributed by atoms with Crippen molar-refractivity contribution in [2.75, 3.05) is 18.0 Å². The molecule has 10 heteroatoms. The summed E-state index contributed by atoms with van der Waals surface area (Å²) in [6.45, 7) is 1.34. The lowest BCUT2D eigenvalue weighted by atomic mass is 9.94. The van der Waals surface area contributed by atoms with Crippen molar-refractivity contribution in [2.45, 2.75) is 69.0 Å². The number of aryl methyl sites for hydroxylation is 1. The van der Waals surface area contributed by atoms with Gasteiger partial charge >= 0.3 is 0 Å². The van der Waals surface area contributed by atoms with E-state index in [1.165, 1.54) is 29.2 Å². The molecule has 0 radical (unpaired) electrons. The van der Waals surface area contributed by atoms with Crippen LogP contribution in [0.3, 0.4) is 0 Å². The molecule has 48 heavy (non-hydrogen) atoms. The predicted octanol–water partition coefficient (Wildman–Crippen LogP) is 6.94. The van der Waals surface area contributed by atoms with Crippen LogP contribution >= 0.6 is 11.6 Å². The van der Waals surface area contributed by atoms with Crippen LogP contribution < -0.4 is 14.4 Å². The molecule has 1 aliphatic carbocycles. The molecule has 1 fully saturated rings. The van der Waals surface area contributed by atoms with E-state index in [1.807, 2.05) is 60.7 Å². The summed E-state index contributed by atoms with van der Waals surface area (Å²) in [5, 5.41) is 3.63. The Bertz CT molecular complexity index is 1790. The molecule has 0 heterocycles. The molecular formula is C38H42ClN3O5S. The number of sulfonamides is 1. The van der Waals surface area contributed by atoms with Gasteiger partial charge in [-0.3, -0.25) is 13.9 Å². The van der Waals surface area contributed by atoms with Crippen molar-refractivity contribution in [2.24, 2.45) is 0 Å². The van der Waals surface area contributed by atoms with Gasteiger partial charge in [0.2, 0.25) is 11.8 Å². The number of carbonyl (C=O) groups is 2. The van der Waals surface area contributed by atoms with E-state index in [0.717, 1.165) is 47.5 Å². The van der Waals surface area contributed by atoms with E-state index >= 15 is 0 Å². The number of amides is 2. The van der Waals surface area contributed by atoms with E-state index in [-0.39, 0.29) is 29.8 Å². The quantitative estimate of drug-likeness (QED) is 0.164. The van der Waals surface area contributed by atoms with Crippen molar-refractivity contribution in [1.82, 2.24) is 10.2 Å². The molecule has 1 aliphatic rings. The molecule has 4 aromatic rings. The number of methoxy groups -OCH3 is 1. The second-order valence-electron chi connectivity index (χ2n) is 12.2. The van der Waals surface area contributed by atoms with Crippen LogP contribution in [0, 0.1) is 6.92 Å². The minimum atomic E-state index is -4.23. The van der Waals surface area contributed by atoms with Gasteiger partial charge in [0.25, 0.3) is 10.0 Å². The average molecular weight is 688 g/mol. The predicted molar refractivity (Wildman–Crippen MR) is 190 cm³/mol. The van der Waals surface area contributed by atoms with Gasteiger partial charge in [-0.05, 0) is 78.9 Å². The number of halogens is 1. The highest BCUT2D eigenvalue weighted by Gasteiger charge is 2.36. The number of para-hydroxylation sites is 1. The maximum Gasteiger partial charge on any atom is 0.264 e. The first-order chi connectivity index (χ1) is 23.2. The number of benzene rings is 4. The zero-order valence-corrected chi connectivity index (χ0v) is 28.9. The third-order valence-corrected chi connectivity index (χ3v) is 10.8. The van der Waals surface area contributed by atoms with Crippen LogP contribution in [0.25, 0.3) is 0 Å². The second kappa shape index (κ2) is 16.2. The van der Waals surface area contributed by atoms with Crippen molar-refractivity contribution in [3.05, 3.63) is 125 Å². The molecule has 0 aromatic heterocycles. The summed E-state index contributed by atoms with van der Waals surface area (Å²) in [5.74, 6) is -0.165. The highest BCUT2D eigenvalue weighted by atomic mass is 35.5. The van der Waals surface area contributed by atoms with Gasteiger partial charge in [0.1, 0.15) is 18.3 Å². The highest BCUT2D eigenvalue weighted by Crippen LogP contribution is 2.29. The van der Waals surface area contributed by atoms with Gasteiger partial charge in [0.15, 0.2) is 0 Å². The Kier molecular flexibility index (Phi) is 11.8. The van der Waals surface area contributed by atoms with Crippen LogP contribution in [0.2, 0.25) is 5.02 Å². The number of rotatable bonds is 13. The summed E-state index contributed by atoms with van der Waals surface area (Å²) in [7, 11) is -2.66. The molecule has 0 aliphatic heterocycles. The Morgan fingerprint density at radius 1 is 0.875 bits per heavy atom. The zero-order chi connectivity index (χ0) is 34.1. The summed E-state index contributed by atoms with van der Waals surface area (Å²) in [6.07, 6.45) is 5.23. The first-order valence-corrected chi connectivity index (χ1v) is 18.1. The number of anilines is 1. The number of nitrogens with zero attached hydrogens (tertiary/aromatic N) is 2. The Hall–Kier alpha value is -4.34. The van der Waals surface area contributed by atoms with E-state index in [1.54, 1.807) is 32.2 Å². The molecule has 252 valence electrons. The molecule has 1 saturated carbocycles. The van der Waals surface area contributed by atoms with Gasteiger partial charge in [-0.2, -0.15) is 0 Å². The molecule has 0 bridgehead atoms. The van der Waals surface area contributed by atoms with Crippen molar-refractivity contribution in [1.29, 1.82) is 0 Å². The molecule has 1 atom stereocenters. The smallest absolute Gasteiger partial charge is 0.264 e. The molecule has 4 aromatic carbocycles. The van der Waals surface area contributed by atoms with Crippen molar-refractivity contribution in [3.63, 3.8) is 0 Å². The largest absolute Gasteiger partial charge is 0.497 e. The normalized spacial score (nSPS) is 14.1. The van der Waals surface area contributed by atoms with E-state index in [9.17, 15) is 18.0 Å². The van der Waals surface area contributed by atoms with Crippen LogP contribution in [-0.4, -0.2) is 50.9 Å². The third-order valence-electron chi connectivity index (χ3n) is 8.77. The lowest BCUT2D eigenvalue weighted by molar-refractivity contribution is -0.140. The Morgan fingerprint density at radius 3 is 2.23 bits per heavy atom. The van der Waals surface area contributed by atoms with Gasteiger partial charge in [0, 0.05) is 24.0 Å². The monoisotopic (exact) mass is 687 g/mol. The summed E-state index contributed by atoms with van der Waals surface area (Å²) < 4.78 is 35.1. The topological polar surface area (TPSA) is 96.0 Å².